The van der Waals surface area contributed by atoms with Gasteiger partial charge in [0, 0.05) is 23.6 Å². The van der Waals surface area contributed by atoms with Crippen LogP contribution in [0.5, 0.6) is 0 Å². The summed E-state index contributed by atoms with van der Waals surface area (Å²) in [5.41, 5.74) is 1.20. The topological polar surface area (TPSA) is 32.3 Å². The normalized spacial score (nSPS) is 16.0. The van der Waals surface area contributed by atoms with Gasteiger partial charge >= 0.3 is 0 Å². The van der Waals surface area contributed by atoms with Crippen LogP contribution in [0.3, 0.4) is 0 Å². The highest BCUT2D eigenvalue weighted by Crippen LogP contribution is 2.22. The van der Waals surface area contributed by atoms with Crippen LogP contribution >= 0.6 is 11.6 Å². The summed E-state index contributed by atoms with van der Waals surface area (Å²) in [5.74, 6) is -1.79. The number of nitrogens with one attached hydrogen (secondary N) is 1. The quantitative estimate of drug-likeness (QED) is 0.868. The summed E-state index contributed by atoms with van der Waals surface area (Å²) in [4.78, 5) is 14.6. The molecule has 0 spiro atoms. The molecule has 0 saturated carbocycles. The molecular weight excluding hydrogens is 346 g/mol. The van der Waals surface area contributed by atoms with Gasteiger partial charge in [-0.3, -0.25) is 9.69 Å². The van der Waals surface area contributed by atoms with E-state index < -0.39 is 11.6 Å². The maximum Gasteiger partial charge on any atom is 0.227 e. The van der Waals surface area contributed by atoms with Crippen LogP contribution in [0.25, 0.3) is 0 Å². The lowest BCUT2D eigenvalue weighted by atomic mass is 9.95. The number of halogens is 3. The molecule has 2 aromatic rings. The number of carbonyl (C=O) groups is 1. The fourth-order valence-electron chi connectivity index (χ4n) is 3.03. The van der Waals surface area contributed by atoms with E-state index in [1.54, 1.807) is 0 Å². The maximum absolute atomic E-state index is 13.6. The highest BCUT2D eigenvalue weighted by Gasteiger charge is 2.25. The number of hydrogen-bond donors (Lipinski definition) is 1. The molecule has 1 N–H and O–H groups in total. The summed E-state index contributed by atoms with van der Waals surface area (Å²) in [7, 11) is 0. The molecule has 6 heteroatoms. The zero-order valence-electron chi connectivity index (χ0n) is 13.6. The molecule has 1 saturated heterocycles. The number of rotatable bonds is 4. The summed E-state index contributed by atoms with van der Waals surface area (Å²) in [6.07, 6.45) is 1.42. The van der Waals surface area contributed by atoms with Crippen LogP contribution in [0.4, 0.5) is 14.5 Å². The Morgan fingerprint density at radius 3 is 2.44 bits per heavy atom. The van der Waals surface area contributed by atoms with Gasteiger partial charge in [0.05, 0.1) is 5.69 Å². The number of anilines is 1. The van der Waals surface area contributed by atoms with Gasteiger partial charge in [-0.2, -0.15) is 0 Å². The molecule has 0 unspecified atom stereocenters. The predicted molar refractivity (Wildman–Crippen MR) is 94.4 cm³/mol. The van der Waals surface area contributed by atoms with Crippen molar-refractivity contribution >= 4 is 23.2 Å². The number of likely N-dealkylation sites (tertiary alicyclic amines) is 1. The number of carbonyl (C=O) groups excluding carboxylic acids is 1. The molecule has 3 rings (SSSR count). The Hall–Kier alpha value is -1.98. The van der Waals surface area contributed by atoms with Crippen LogP contribution in [-0.2, 0) is 11.3 Å². The van der Waals surface area contributed by atoms with Gasteiger partial charge in [-0.05, 0) is 55.8 Å². The Morgan fingerprint density at radius 1 is 1.12 bits per heavy atom. The first-order valence-corrected chi connectivity index (χ1v) is 8.62. The van der Waals surface area contributed by atoms with Crippen molar-refractivity contribution in [2.24, 2.45) is 5.92 Å². The number of amides is 1. The monoisotopic (exact) mass is 364 g/mol. The number of piperidine rings is 1. The molecule has 0 radical (unpaired) electrons. The van der Waals surface area contributed by atoms with Gasteiger partial charge in [0.15, 0.2) is 0 Å². The highest BCUT2D eigenvalue weighted by atomic mass is 35.5. The third kappa shape index (κ3) is 4.77. The fourth-order valence-corrected chi connectivity index (χ4v) is 3.15. The smallest absolute Gasteiger partial charge is 0.227 e. The first-order chi connectivity index (χ1) is 12.0. The van der Waals surface area contributed by atoms with E-state index in [0.29, 0.717) is 17.9 Å². The highest BCUT2D eigenvalue weighted by molar-refractivity contribution is 6.30. The van der Waals surface area contributed by atoms with Gasteiger partial charge in [-0.15, -0.1) is 0 Å². The molecule has 132 valence electrons. The Bertz CT molecular complexity index is 744. The molecule has 0 atom stereocenters. The average molecular weight is 365 g/mol. The Balaban J connectivity index is 1.51. The van der Waals surface area contributed by atoms with Crippen molar-refractivity contribution < 1.29 is 13.6 Å². The number of nitrogens with zero attached hydrogens (tertiary/aromatic N) is 1. The summed E-state index contributed by atoms with van der Waals surface area (Å²) in [5, 5.41) is 3.28. The average Bonchev–Trinajstić information content (AvgIpc) is 2.60. The second-order valence-corrected chi connectivity index (χ2v) is 6.73. The van der Waals surface area contributed by atoms with Crippen LogP contribution in [-0.4, -0.2) is 23.9 Å². The lowest BCUT2D eigenvalue weighted by molar-refractivity contribution is -0.121. The van der Waals surface area contributed by atoms with E-state index in [1.165, 1.54) is 11.6 Å². The molecular formula is C19H19ClF2N2O. The molecule has 1 heterocycles. The van der Waals surface area contributed by atoms with E-state index in [9.17, 15) is 13.6 Å². The van der Waals surface area contributed by atoms with Gasteiger partial charge in [-0.1, -0.05) is 23.7 Å². The Kier molecular flexibility index (Phi) is 5.66. The molecule has 1 aliphatic heterocycles. The molecule has 0 bridgehead atoms. The first-order valence-electron chi connectivity index (χ1n) is 8.24. The molecule has 25 heavy (non-hydrogen) atoms. The van der Waals surface area contributed by atoms with Crippen LogP contribution in [0.1, 0.15) is 18.4 Å². The predicted octanol–water partition coefficient (Wildman–Crippen LogP) is 4.47. The maximum atomic E-state index is 13.6. The standard InChI is InChI=1S/C19H19ClF2N2O/c20-15-3-1-13(2-4-15)12-24-9-7-14(8-10-24)19(25)23-18-6-5-16(21)11-17(18)22/h1-6,11,14H,7-10,12H2,(H,23,25). The summed E-state index contributed by atoms with van der Waals surface area (Å²) in [6, 6.07) is 10.9. The molecule has 3 nitrogen and oxygen atoms in total. The van der Waals surface area contributed by atoms with Crippen molar-refractivity contribution in [3.05, 3.63) is 64.7 Å². The van der Waals surface area contributed by atoms with E-state index in [1.807, 2.05) is 24.3 Å². The van der Waals surface area contributed by atoms with Crippen LogP contribution in [0.2, 0.25) is 5.02 Å². The Labute approximate surface area is 150 Å². The zero-order valence-corrected chi connectivity index (χ0v) is 14.4. The SMILES string of the molecule is O=C(Nc1ccc(F)cc1F)C1CCN(Cc2ccc(Cl)cc2)CC1. The molecule has 1 amide bonds. The van der Waals surface area contributed by atoms with Crippen LogP contribution in [0.15, 0.2) is 42.5 Å². The summed E-state index contributed by atoms with van der Waals surface area (Å²) < 4.78 is 26.6. The van der Waals surface area contributed by atoms with Gasteiger partial charge in [0.2, 0.25) is 5.91 Å². The molecule has 0 aliphatic carbocycles. The van der Waals surface area contributed by atoms with Gasteiger partial charge in [0.25, 0.3) is 0 Å². The lowest BCUT2D eigenvalue weighted by Gasteiger charge is -2.31. The fraction of sp³-hybridized carbons (Fsp3) is 0.316. The molecule has 1 fully saturated rings. The summed E-state index contributed by atoms with van der Waals surface area (Å²) in [6.45, 7) is 2.41. The van der Waals surface area contributed by atoms with Crippen molar-refractivity contribution in [3.63, 3.8) is 0 Å². The minimum Gasteiger partial charge on any atom is -0.323 e. The van der Waals surface area contributed by atoms with Crippen molar-refractivity contribution in [3.8, 4) is 0 Å². The van der Waals surface area contributed by atoms with E-state index in [0.717, 1.165) is 31.8 Å². The number of benzene rings is 2. The van der Waals surface area contributed by atoms with Crippen molar-refractivity contribution in [1.82, 2.24) is 4.90 Å². The lowest BCUT2D eigenvalue weighted by Crippen LogP contribution is -2.37. The first kappa shape index (κ1) is 17.8. The van der Waals surface area contributed by atoms with Gasteiger partial charge < -0.3 is 5.32 Å². The molecule has 2 aromatic carbocycles. The zero-order chi connectivity index (χ0) is 17.8. The van der Waals surface area contributed by atoms with E-state index in [2.05, 4.69) is 10.2 Å². The van der Waals surface area contributed by atoms with E-state index in [-0.39, 0.29) is 17.5 Å². The number of hydrogen-bond acceptors (Lipinski definition) is 2. The molecule has 1 aliphatic rings. The van der Waals surface area contributed by atoms with Crippen molar-refractivity contribution in [1.29, 1.82) is 0 Å². The second kappa shape index (κ2) is 7.93. The van der Waals surface area contributed by atoms with Crippen LogP contribution < -0.4 is 5.32 Å². The van der Waals surface area contributed by atoms with Crippen molar-refractivity contribution in [2.45, 2.75) is 19.4 Å². The van der Waals surface area contributed by atoms with E-state index in [4.69, 9.17) is 11.6 Å². The summed E-state index contributed by atoms with van der Waals surface area (Å²) >= 11 is 5.89. The van der Waals surface area contributed by atoms with Crippen molar-refractivity contribution in [2.75, 3.05) is 18.4 Å². The van der Waals surface area contributed by atoms with Crippen LogP contribution in [0, 0.1) is 17.6 Å². The Morgan fingerprint density at radius 2 is 1.80 bits per heavy atom. The van der Waals surface area contributed by atoms with Gasteiger partial charge in [-0.25, -0.2) is 8.78 Å². The third-order valence-electron chi connectivity index (χ3n) is 4.47. The minimum atomic E-state index is -0.756. The van der Waals surface area contributed by atoms with Gasteiger partial charge in [0.1, 0.15) is 11.6 Å². The third-order valence-corrected chi connectivity index (χ3v) is 4.72. The largest absolute Gasteiger partial charge is 0.323 e. The molecule has 0 aromatic heterocycles. The second-order valence-electron chi connectivity index (χ2n) is 6.29. The minimum absolute atomic E-state index is 0.0231. The van der Waals surface area contributed by atoms with E-state index >= 15 is 0 Å².